The molecule has 1 aromatic heterocycles. The fourth-order valence-corrected chi connectivity index (χ4v) is 3.23. The zero-order valence-corrected chi connectivity index (χ0v) is 12.4. The van der Waals surface area contributed by atoms with Gasteiger partial charge in [0.05, 0.1) is 4.88 Å². The Balaban J connectivity index is 1.98. The van der Waals surface area contributed by atoms with Crippen molar-refractivity contribution in [2.75, 3.05) is 26.2 Å². The first-order chi connectivity index (χ1) is 9.61. The number of hydrogen-bond donors (Lipinski definition) is 2. The Labute approximate surface area is 122 Å². The Morgan fingerprint density at radius 2 is 2.15 bits per heavy atom. The van der Waals surface area contributed by atoms with Crippen LogP contribution in [0.1, 0.15) is 28.6 Å². The third-order valence-electron chi connectivity index (χ3n) is 3.51. The van der Waals surface area contributed by atoms with Crippen LogP contribution in [0.2, 0.25) is 0 Å². The largest absolute Gasteiger partial charge is 0.342 e. The molecule has 0 unspecified atom stereocenters. The van der Waals surface area contributed by atoms with E-state index in [2.05, 4.69) is 10.3 Å². The van der Waals surface area contributed by atoms with Gasteiger partial charge in [-0.3, -0.25) is 19.9 Å². The van der Waals surface area contributed by atoms with Crippen LogP contribution in [0, 0.1) is 0 Å². The minimum Gasteiger partial charge on any atom is -0.342 e. The zero-order chi connectivity index (χ0) is 14.5. The van der Waals surface area contributed by atoms with Crippen molar-refractivity contribution >= 4 is 23.2 Å². The van der Waals surface area contributed by atoms with Gasteiger partial charge in [0.25, 0.3) is 5.91 Å². The van der Waals surface area contributed by atoms with Gasteiger partial charge in [0.2, 0.25) is 5.91 Å². The van der Waals surface area contributed by atoms with Gasteiger partial charge in [0.15, 0.2) is 0 Å². The van der Waals surface area contributed by atoms with Crippen LogP contribution in [-0.4, -0.2) is 47.8 Å². The number of nitrogens with one attached hydrogen (secondary N) is 1. The molecule has 6 nitrogen and oxygen atoms in total. The molecule has 1 fully saturated rings. The molecule has 20 heavy (non-hydrogen) atoms. The van der Waals surface area contributed by atoms with Gasteiger partial charge >= 0.3 is 0 Å². The Kier molecular flexibility index (Phi) is 5.11. The SMILES string of the molecule is CC(=O)N1CCCN(Cc2ccsc2C(=O)NN)CC1. The first kappa shape index (κ1) is 15.0. The molecule has 0 aliphatic carbocycles. The molecule has 2 rings (SSSR count). The van der Waals surface area contributed by atoms with E-state index in [0.717, 1.165) is 44.7 Å². The number of nitrogen functional groups attached to an aromatic ring is 1. The predicted molar refractivity (Wildman–Crippen MR) is 78.1 cm³/mol. The highest BCUT2D eigenvalue weighted by Crippen LogP contribution is 2.19. The normalized spacial score (nSPS) is 16.8. The van der Waals surface area contributed by atoms with E-state index in [-0.39, 0.29) is 11.8 Å². The van der Waals surface area contributed by atoms with Crippen molar-refractivity contribution in [3.63, 3.8) is 0 Å². The molecule has 1 aliphatic rings. The minimum absolute atomic E-state index is 0.130. The first-order valence-electron chi connectivity index (χ1n) is 6.67. The van der Waals surface area contributed by atoms with Crippen LogP contribution in [0.3, 0.4) is 0 Å². The molecule has 7 heteroatoms. The second-order valence-corrected chi connectivity index (χ2v) is 5.80. The van der Waals surface area contributed by atoms with E-state index < -0.39 is 0 Å². The fraction of sp³-hybridized carbons (Fsp3) is 0.538. The zero-order valence-electron chi connectivity index (χ0n) is 11.6. The number of carbonyl (C=O) groups excluding carboxylic acids is 2. The second-order valence-electron chi connectivity index (χ2n) is 4.88. The van der Waals surface area contributed by atoms with Crippen LogP contribution < -0.4 is 11.3 Å². The van der Waals surface area contributed by atoms with Gasteiger partial charge in [0, 0.05) is 39.6 Å². The number of nitrogens with two attached hydrogens (primary N) is 1. The lowest BCUT2D eigenvalue weighted by molar-refractivity contribution is -0.128. The number of hydrazine groups is 1. The molecule has 0 aromatic carbocycles. The standard InChI is InChI=1S/C13H20N4O2S/c1-10(18)17-5-2-4-16(6-7-17)9-11-3-8-20-12(11)13(19)15-14/h3,8H,2,4-7,9,14H2,1H3,(H,15,19). The van der Waals surface area contributed by atoms with E-state index in [4.69, 9.17) is 5.84 Å². The summed E-state index contributed by atoms with van der Waals surface area (Å²) in [6, 6.07) is 1.96. The molecule has 0 spiro atoms. The summed E-state index contributed by atoms with van der Waals surface area (Å²) in [5.41, 5.74) is 3.17. The molecule has 0 saturated carbocycles. The summed E-state index contributed by atoms with van der Waals surface area (Å²) < 4.78 is 0. The molecule has 0 atom stereocenters. The summed E-state index contributed by atoms with van der Waals surface area (Å²) in [6.07, 6.45) is 0.960. The number of thiophene rings is 1. The summed E-state index contributed by atoms with van der Waals surface area (Å²) in [5, 5.41) is 1.90. The van der Waals surface area contributed by atoms with Crippen LogP contribution in [0.25, 0.3) is 0 Å². The lowest BCUT2D eigenvalue weighted by Gasteiger charge is -2.21. The van der Waals surface area contributed by atoms with E-state index in [1.165, 1.54) is 11.3 Å². The molecule has 3 N–H and O–H groups in total. The maximum Gasteiger partial charge on any atom is 0.275 e. The van der Waals surface area contributed by atoms with E-state index in [1.807, 2.05) is 16.3 Å². The second kappa shape index (κ2) is 6.83. The Bertz CT molecular complexity index is 488. The molecule has 2 heterocycles. The van der Waals surface area contributed by atoms with Crippen molar-refractivity contribution in [2.45, 2.75) is 19.9 Å². The average molecular weight is 296 g/mol. The number of carbonyl (C=O) groups is 2. The van der Waals surface area contributed by atoms with Crippen LogP contribution in [-0.2, 0) is 11.3 Å². The third-order valence-corrected chi connectivity index (χ3v) is 4.47. The topological polar surface area (TPSA) is 78.7 Å². The number of amides is 2. The average Bonchev–Trinajstić information content (AvgIpc) is 2.75. The summed E-state index contributed by atoms with van der Waals surface area (Å²) in [5.74, 6) is 5.08. The minimum atomic E-state index is -0.241. The predicted octanol–water partition coefficient (Wildman–Crippen LogP) is 0.406. The highest BCUT2D eigenvalue weighted by Gasteiger charge is 2.19. The fourth-order valence-electron chi connectivity index (χ4n) is 2.41. The van der Waals surface area contributed by atoms with Gasteiger partial charge in [-0.25, -0.2) is 5.84 Å². The molecule has 1 aliphatic heterocycles. The van der Waals surface area contributed by atoms with E-state index >= 15 is 0 Å². The smallest absolute Gasteiger partial charge is 0.275 e. The number of nitrogens with zero attached hydrogens (tertiary/aromatic N) is 2. The highest BCUT2D eigenvalue weighted by atomic mass is 32.1. The summed E-state index contributed by atoms with van der Waals surface area (Å²) in [6.45, 7) is 5.65. The van der Waals surface area contributed by atoms with Crippen molar-refractivity contribution in [2.24, 2.45) is 5.84 Å². The van der Waals surface area contributed by atoms with Gasteiger partial charge in [-0.15, -0.1) is 11.3 Å². The molecular formula is C13H20N4O2S. The maximum atomic E-state index is 11.6. The molecule has 0 bridgehead atoms. The lowest BCUT2D eigenvalue weighted by atomic mass is 10.2. The monoisotopic (exact) mass is 296 g/mol. The van der Waals surface area contributed by atoms with Gasteiger partial charge < -0.3 is 4.90 Å². The Hall–Kier alpha value is -1.44. The maximum absolute atomic E-state index is 11.6. The highest BCUT2D eigenvalue weighted by molar-refractivity contribution is 7.12. The van der Waals surface area contributed by atoms with Crippen molar-refractivity contribution < 1.29 is 9.59 Å². The Morgan fingerprint density at radius 1 is 1.35 bits per heavy atom. The number of rotatable bonds is 3. The van der Waals surface area contributed by atoms with E-state index in [0.29, 0.717) is 4.88 Å². The molecule has 2 amide bonds. The van der Waals surface area contributed by atoms with Crippen LogP contribution >= 0.6 is 11.3 Å². The summed E-state index contributed by atoms with van der Waals surface area (Å²) in [7, 11) is 0. The quantitative estimate of drug-likeness (QED) is 0.481. The van der Waals surface area contributed by atoms with E-state index in [9.17, 15) is 9.59 Å². The van der Waals surface area contributed by atoms with Crippen LogP contribution in [0.15, 0.2) is 11.4 Å². The lowest BCUT2D eigenvalue weighted by Crippen LogP contribution is -2.34. The van der Waals surface area contributed by atoms with Crippen molar-refractivity contribution in [3.8, 4) is 0 Å². The van der Waals surface area contributed by atoms with Crippen LogP contribution in [0.5, 0.6) is 0 Å². The van der Waals surface area contributed by atoms with Gasteiger partial charge in [-0.2, -0.15) is 0 Å². The molecular weight excluding hydrogens is 276 g/mol. The van der Waals surface area contributed by atoms with Crippen molar-refractivity contribution in [3.05, 3.63) is 21.9 Å². The Morgan fingerprint density at radius 3 is 2.85 bits per heavy atom. The molecule has 0 radical (unpaired) electrons. The molecule has 1 aromatic rings. The first-order valence-corrected chi connectivity index (χ1v) is 7.55. The van der Waals surface area contributed by atoms with Gasteiger partial charge in [-0.05, 0) is 23.4 Å². The van der Waals surface area contributed by atoms with Crippen molar-refractivity contribution in [1.29, 1.82) is 0 Å². The summed E-state index contributed by atoms with van der Waals surface area (Å²) >= 11 is 1.40. The van der Waals surface area contributed by atoms with Crippen molar-refractivity contribution in [1.82, 2.24) is 15.2 Å². The van der Waals surface area contributed by atoms with Gasteiger partial charge in [-0.1, -0.05) is 0 Å². The third kappa shape index (κ3) is 3.56. The van der Waals surface area contributed by atoms with Crippen LogP contribution in [0.4, 0.5) is 0 Å². The number of hydrogen-bond acceptors (Lipinski definition) is 5. The van der Waals surface area contributed by atoms with E-state index in [1.54, 1.807) is 6.92 Å². The molecule has 1 saturated heterocycles. The summed E-state index contributed by atoms with van der Waals surface area (Å²) in [4.78, 5) is 27.9. The molecule has 110 valence electrons. The van der Waals surface area contributed by atoms with Gasteiger partial charge in [0.1, 0.15) is 0 Å².